The van der Waals surface area contributed by atoms with Crippen LogP contribution in [0, 0.1) is 6.92 Å². The molecule has 0 spiro atoms. The number of hydrogen-bond acceptors (Lipinski definition) is 4. The summed E-state index contributed by atoms with van der Waals surface area (Å²) in [6.45, 7) is 9.49. The lowest BCUT2D eigenvalue weighted by atomic mass is 9.87. The summed E-state index contributed by atoms with van der Waals surface area (Å²) in [7, 11) is 0. The molecule has 0 aliphatic carbocycles. The summed E-state index contributed by atoms with van der Waals surface area (Å²) in [5.41, 5.74) is 3.09. The van der Waals surface area contributed by atoms with Gasteiger partial charge in [0.15, 0.2) is 5.75 Å². The molecule has 3 aromatic rings. The van der Waals surface area contributed by atoms with Gasteiger partial charge in [-0.3, -0.25) is 9.59 Å². The predicted molar refractivity (Wildman–Crippen MR) is 125 cm³/mol. The van der Waals surface area contributed by atoms with E-state index in [4.69, 9.17) is 4.74 Å². The van der Waals surface area contributed by atoms with Crippen LogP contribution < -0.4 is 15.5 Å². The summed E-state index contributed by atoms with van der Waals surface area (Å²) >= 11 is 0. The zero-order valence-corrected chi connectivity index (χ0v) is 19.0. The Kier molecular flexibility index (Phi) is 7.03. The average Bonchev–Trinajstić information content (AvgIpc) is 2.77. The van der Waals surface area contributed by atoms with Gasteiger partial charge in [-0.15, -0.1) is 0 Å². The van der Waals surface area contributed by atoms with Gasteiger partial charge in [-0.05, 0) is 47.7 Å². The third-order valence-electron chi connectivity index (χ3n) is 5.39. The number of benzene rings is 2. The molecule has 0 unspecified atom stereocenters. The Morgan fingerprint density at radius 3 is 2.31 bits per heavy atom. The fraction of sp³-hybridized carbons (Fsp3) is 0.308. The summed E-state index contributed by atoms with van der Waals surface area (Å²) < 4.78 is 7.57. The highest BCUT2D eigenvalue weighted by Crippen LogP contribution is 2.22. The first-order chi connectivity index (χ1) is 15.1. The molecule has 3 rings (SSSR count). The Bertz CT molecular complexity index is 1120. The van der Waals surface area contributed by atoms with E-state index in [1.165, 1.54) is 11.6 Å². The van der Waals surface area contributed by atoms with Crippen LogP contribution in [-0.2, 0) is 18.6 Å². The van der Waals surface area contributed by atoms with Crippen LogP contribution in [0.5, 0.6) is 11.5 Å². The molecule has 168 valence electrons. The highest BCUT2D eigenvalue weighted by atomic mass is 16.5. The van der Waals surface area contributed by atoms with E-state index < -0.39 is 5.43 Å². The Morgan fingerprint density at radius 2 is 1.69 bits per heavy atom. The molecule has 0 saturated carbocycles. The fourth-order valence-electron chi connectivity index (χ4n) is 3.27. The average molecular weight is 435 g/mol. The molecule has 0 saturated heterocycles. The Labute approximate surface area is 188 Å². The molecule has 6 heteroatoms. The first-order valence-corrected chi connectivity index (χ1v) is 10.6. The monoisotopic (exact) mass is 434 g/mol. The van der Waals surface area contributed by atoms with Crippen molar-refractivity contribution in [3.05, 3.63) is 93.4 Å². The molecular weight excluding hydrogens is 404 g/mol. The number of pyridine rings is 1. The van der Waals surface area contributed by atoms with Gasteiger partial charge in [0.25, 0.3) is 5.91 Å². The zero-order chi connectivity index (χ0) is 23.3. The topological polar surface area (TPSA) is 80.6 Å². The molecule has 2 aromatic carbocycles. The third kappa shape index (κ3) is 5.78. The van der Waals surface area contributed by atoms with E-state index in [-0.39, 0.29) is 17.1 Å². The van der Waals surface area contributed by atoms with Crippen molar-refractivity contribution in [3.63, 3.8) is 0 Å². The van der Waals surface area contributed by atoms with Gasteiger partial charge in [0.05, 0.1) is 5.69 Å². The van der Waals surface area contributed by atoms with Crippen molar-refractivity contribution >= 4 is 5.91 Å². The molecule has 2 N–H and O–H groups in total. The number of rotatable bonds is 7. The molecule has 6 nitrogen and oxygen atoms in total. The SMILES string of the molecule is Cc1c(O)c(=O)ccn1CCNC(=O)c1ccc(OCc2ccc(C(C)(C)C)cc2)cc1. The van der Waals surface area contributed by atoms with Crippen LogP contribution in [-0.4, -0.2) is 22.1 Å². The maximum absolute atomic E-state index is 12.4. The number of nitrogens with one attached hydrogen (secondary N) is 1. The van der Waals surface area contributed by atoms with Crippen LogP contribution in [0.2, 0.25) is 0 Å². The minimum Gasteiger partial charge on any atom is -0.503 e. The van der Waals surface area contributed by atoms with E-state index in [2.05, 4.69) is 50.4 Å². The number of nitrogens with zero attached hydrogens (tertiary/aromatic N) is 1. The van der Waals surface area contributed by atoms with Crippen molar-refractivity contribution in [2.24, 2.45) is 0 Å². The quantitative estimate of drug-likeness (QED) is 0.585. The molecule has 0 atom stereocenters. The molecule has 0 aliphatic rings. The van der Waals surface area contributed by atoms with Gasteiger partial charge in [0.1, 0.15) is 12.4 Å². The van der Waals surface area contributed by atoms with Crippen LogP contribution in [0.1, 0.15) is 48.0 Å². The summed E-state index contributed by atoms with van der Waals surface area (Å²) in [6, 6.07) is 16.7. The van der Waals surface area contributed by atoms with Gasteiger partial charge in [0, 0.05) is 30.9 Å². The smallest absolute Gasteiger partial charge is 0.251 e. The predicted octanol–water partition coefficient (Wildman–Crippen LogP) is 4.17. The van der Waals surface area contributed by atoms with Crippen LogP contribution >= 0.6 is 0 Å². The van der Waals surface area contributed by atoms with E-state index in [0.717, 1.165) is 5.56 Å². The second kappa shape index (κ2) is 9.73. The molecular formula is C26H30N2O4. The van der Waals surface area contributed by atoms with Crippen molar-refractivity contribution < 1.29 is 14.6 Å². The van der Waals surface area contributed by atoms with Crippen LogP contribution in [0.25, 0.3) is 0 Å². The summed E-state index contributed by atoms with van der Waals surface area (Å²) in [5, 5.41) is 12.6. The number of ether oxygens (including phenoxy) is 1. The molecule has 1 aromatic heterocycles. The second-order valence-corrected chi connectivity index (χ2v) is 8.82. The van der Waals surface area contributed by atoms with E-state index in [0.29, 0.717) is 36.7 Å². The lowest BCUT2D eigenvalue weighted by Crippen LogP contribution is -2.28. The van der Waals surface area contributed by atoms with Crippen molar-refractivity contribution in [2.75, 3.05) is 6.54 Å². The Hall–Kier alpha value is -3.54. The van der Waals surface area contributed by atoms with E-state index >= 15 is 0 Å². The van der Waals surface area contributed by atoms with Gasteiger partial charge in [-0.1, -0.05) is 45.0 Å². The van der Waals surface area contributed by atoms with Crippen LogP contribution in [0.4, 0.5) is 0 Å². The number of amides is 1. The number of aromatic hydroxyl groups is 1. The number of aromatic nitrogens is 1. The van der Waals surface area contributed by atoms with Gasteiger partial charge >= 0.3 is 0 Å². The third-order valence-corrected chi connectivity index (χ3v) is 5.39. The summed E-state index contributed by atoms with van der Waals surface area (Å²) in [4.78, 5) is 23.8. The maximum atomic E-state index is 12.4. The molecule has 1 amide bonds. The fourth-order valence-corrected chi connectivity index (χ4v) is 3.27. The Balaban J connectivity index is 1.50. The second-order valence-electron chi connectivity index (χ2n) is 8.82. The number of hydrogen-bond donors (Lipinski definition) is 2. The zero-order valence-electron chi connectivity index (χ0n) is 19.0. The number of carbonyl (C=O) groups excluding carboxylic acids is 1. The molecule has 0 aliphatic heterocycles. The largest absolute Gasteiger partial charge is 0.503 e. The van der Waals surface area contributed by atoms with E-state index in [9.17, 15) is 14.7 Å². The van der Waals surface area contributed by atoms with Crippen molar-refractivity contribution in [3.8, 4) is 11.5 Å². The van der Waals surface area contributed by atoms with E-state index in [1.807, 2.05) is 0 Å². The summed E-state index contributed by atoms with van der Waals surface area (Å²) in [6.07, 6.45) is 1.60. The standard InChI is InChI=1S/C26H30N2O4/c1-18-24(30)23(29)13-15-28(18)16-14-27-25(31)20-7-11-22(12-8-20)32-17-19-5-9-21(10-6-19)26(2,3)4/h5-13,15,30H,14,16-17H2,1-4H3,(H,27,31). The highest BCUT2D eigenvalue weighted by molar-refractivity contribution is 5.94. The lowest BCUT2D eigenvalue weighted by molar-refractivity contribution is 0.0952. The first kappa shape index (κ1) is 23.1. The molecule has 0 radical (unpaired) electrons. The van der Waals surface area contributed by atoms with Gasteiger partial charge in [-0.25, -0.2) is 0 Å². The molecule has 32 heavy (non-hydrogen) atoms. The normalized spacial score (nSPS) is 11.2. The van der Waals surface area contributed by atoms with Crippen LogP contribution in [0.15, 0.2) is 65.6 Å². The van der Waals surface area contributed by atoms with Gasteiger partial charge in [-0.2, -0.15) is 0 Å². The minimum absolute atomic E-state index is 0.122. The van der Waals surface area contributed by atoms with Crippen LogP contribution in [0.3, 0.4) is 0 Å². The molecule has 0 fully saturated rings. The van der Waals surface area contributed by atoms with Crippen molar-refractivity contribution in [1.82, 2.24) is 9.88 Å². The van der Waals surface area contributed by atoms with Crippen molar-refractivity contribution in [2.45, 2.75) is 46.3 Å². The lowest BCUT2D eigenvalue weighted by Gasteiger charge is -2.19. The first-order valence-electron chi connectivity index (χ1n) is 10.6. The number of carbonyl (C=O) groups is 1. The minimum atomic E-state index is -0.410. The highest BCUT2D eigenvalue weighted by Gasteiger charge is 2.13. The van der Waals surface area contributed by atoms with E-state index in [1.54, 1.807) is 42.0 Å². The molecule has 0 bridgehead atoms. The van der Waals surface area contributed by atoms with Crippen molar-refractivity contribution in [1.29, 1.82) is 0 Å². The molecule has 1 heterocycles. The van der Waals surface area contributed by atoms with Gasteiger partial charge < -0.3 is 19.7 Å². The Morgan fingerprint density at radius 1 is 1.03 bits per heavy atom. The summed E-state index contributed by atoms with van der Waals surface area (Å²) in [5.74, 6) is 0.234. The maximum Gasteiger partial charge on any atom is 0.251 e. The van der Waals surface area contributed by atoms with Gasteiger partial charge in [0.2, 0.25) is 5.43 Å².